The highest BCUT2D eigenvalue weighted by Crippen LogP contribution is 2.44. The molecule has 0 unspecified atom stereocenters. The average molecular weight is 750 g/mol. The second-order valence-electron chi connectivity index (χ2n) is 15.3. The largest absolute Gasteiger partial charge is 0.310 e. The van der Waals surface area contributed by atoms with Gasteiger partial charge in [0.1, 0.15) is 0 Å². The van der Waals surface area contributed by atoms with Gasteiger partial charge < -0.3 is 4.90 Å². The summed E-state index contributed by atoms with van der Waals surface area (Å²) in [5, 5.41) is 10.1. The summed E-state index contributed by atoms with van der Waals surface area (Å²) in [6.45, 7) is 0. The van der Waals surface area contributed by atoms with Gasteiger partial charge >= 0.3 is 0 Å². The van der Waals surface area contributed by atoms with E-state index >= 15 is 0 Å². The molecule has 1 heteroatoms. The van der Waals surface area contributed by atoms with Crippen LogP contribution >= 0.6 is 0 Å². The molecule has 0 aliphatic heterocycles. The van der Waals surface area contributed by atoms with E-state index in [1.165, 1.54) is 87.6 Å². The smallest absolute Gasteiger partial charge is 0.0468 e. The molecule has 0 aliphatic rings. The molecule has 0 aliphatic carbocycles. The molecule has 276 valence electrons. The molecule has 0 heterocycles. The van der Waals surface area contributed by atoms with Gasteiger partial charge in [0, 0.05) is 17.1 Å². The molecule has 0 spiro atoms. The van der Waals surface area contributed by atoms with Crippen LogP contribution in [-0.2, 0) is 0 Å². The van der Waals surface area contributed by atoms with Crippen LogP contribution in [0.3, 0.4) is 0 Å². The summed E-state index contributed by atoms with van der Waals surface area (Å²) in [4.78, 5) is 2.40. The molecule has 11 aromatic carbocycles. The van der Waals surface area contributed by atoms with E-state index in [0.29, 0.717) is 0 Å². The predicted molar refractivity (Wildman–Crippen MR) is 253 cm³/mol. The fourth-order valence-electron chi connectivity index (χ4n) is 9.02. The van der Waals surface area contributed by atoms with Gasteiger partial charge in [0.2, 0.25) is 0 Å². The molecule has 0 amide bonds. The maximum atomic E-state index is 2.40. The van der Waals surface area contributed by atoms with Crippen LogP contribution in [0.25, 0.3) is 87.6 Å². The number of fused-ring (bicyclic) bond motifs is 6. The first-order valence-corrected chi connectivity index (χ1v) is 20.3. The maximum Gasteiger partial charge on any atom is 0.0468 e. The Morgan fingerprint density at radius 2 is 0.712 bits per heavy atom. The number of benzene rings is 11. The van der Waals surface area contributed by atoms with Gasteiger partial charge in [0.05, 0.1) is 0 Å². The van der Waals surface area contributed by atoms with Crippen LogP contribution in [0.1, 0.15) is 0 Å². The topological polar surface area (TPSA) is 3.24 Å². The molecule has 0 N–H and O–H groups in total. The zero-order valence-corrected chi connectivity index (χ0v) is 32.5. The van der Waals surface area contributed by atoms with E-state index in [4.69, 9.17) is 0 Å². The Morgan fingerprint density at radius 3 is 1.53 bits per heavy atom. The Morgan fingerprint density at radius 1 is 0.203 bits per heavy atom. The highest BCUT2D eigenvalue weighted by atomic mass is 15.1. The lowest BCUT2D eigenvalue weighted by atomic mass is 9.89. The summed E-state index contributed by atoms with van der Waals surface area (Å²) in [5.74, 6) is 0. The first-order chi connectivity index (χ1) is 29.3. The monoisotopic (exact) mass is 749 g/mol. The third-order valence-corrected chi connectivity index (χ3v) is 11.9. The quantitative estimate of drug-likeness (QED) is 0.147. The second-order valence-corrected chi connectivity index (χ2v) is 15.3. The van der Waals surface area contributed by atoms with Gasteiger partial charge in [-0.3, -0.25) is 0 Å². The normalized spacial score (nSPS) is 11.4. The van der Waals surface area contributed by atoms with Gasteiger partial charge in [-0.25, -0.2) is 0 Å². The fourth-order valence-corrected chi connectivity index (χ4v) is 9.02. The van der Waals surface area contributed by atoms with Gasteiger partial charge in [-0.2, -0.15) is 0 Å². The summed E-state index contributed by atoms with van der Waals surface area (Å²) >= 11 is 0. The number of hydrogen-bond acceptors (Lipinski definition) is 1. The van der Waals surface area contributed by atoms with Crippen molar-refractivity contribution in [3.8, 4) is 44.5 Å². The second kappa shape index (κ2) is 14.6. The van der Waals surface area contributed by atoms with E-state index in [1.807, 2.05) is 0 Å². The van der Waals surface area contributed by atoms with Gasteiger partial charge in [-0.1, -0.05) is 200 Å². The van der Waals surface area contributed by atoms with Gasteiger partial charge in [0.15, 0.2) is 0 Å². The van der Waals surface area contributed by atoms with Crippen molar-refractivity contribution in [2.45, 2.75) is 0 Å². The van der Waals surface area contributed by atoms with E-state index in [-0.39, 0.29) is 0 Å². The molecule has 1 nitrogen and oxygen atoms in total. The Labute approximate surface area is 344 Å². The minimum absolute atomic E-state index is 1.09. The van der Waals surface area contributed by atoms with Crippen molar-refractivity contribution in [3.63, 3.8) is 0 Å². The minimum Gasteiger partial charge on any atom is -0.310 e. The molecule has 59 heavy (non-hydrogen) atoms. The number of hydrogen-bond donors (Lipinski definition) is 0. The Hall–Kier alpha value is -7.74. The molecular weight excluding hydrogens is 711 g/mol. The molecule has 0 bridgehead atoms. The Kier molecular flexibility index (Phi) is 8.56. The molecule has 0 radical (unpaired) electrons. The lowest BCUT2D eigenvalue weighted by molar-refractivity contribution is 1.28. The van der Waals surface area contributed by atoms with E-state index in [1.54, 1.807) is 0 Å². The first kappa shape index (κ1) is 34.5. The number of nitrogens with zero attached hydrogens (tertiary/aromatic N) is 1. The van der Waals surface area contributed by atoms with Crippen LogP contribution in [0, 0.1) is 0 Å². The van der Waals surface area contributed by atoms with Crippen LogP contribution in [0.2, 0.25) is 0 Å². The first-order valence-electron chi connectivity index (χ1n) is 20.3. The molecular formula is C58H39N. The summed E-state index contributed by atoms with van der Waals surface area (Å²) in [6, 6.07) is 86.3. The maximum absolute atomic E-state index is 2.40. The Balaban J connectivity index is 1.10. The van der Waals surface area contributed by atoms with Crippen molar-refractivity contribution >= 4 is 60.2 Å². The zero-order chi connectivity index (χ0) is 39.1. The van der Waals surface area contributed by atoms with Crippen molar-refractivity contribution in [1.29, 1.82) is 0 Å². The Bertz CT molecular complexity index is 3310. The molecule has 0 saturated carbocycles. The lowest BCUT2D eigenvalue weighted by Crippen LogP contribution is -2.10. The van der Waals surface area contributed by atoms with E-state index in [9.17, 15) is 0 Å². The van der Waals surface area contributed by atoms with Crippen LogP contribution in [-0.4, -0.2) is 0 Å². The predicted octanol–water partition coefficient (Wildman–Crippen LogP) is 16.4. The molecule has 11 rings (SSSR count). The molecule has 0 aromatic heterocycles. The van der Waals surface area contributed by atoms with Crippen LogP contribution < -0.4 is 4.90 Å². The summed E-state index contributed by atoms with van der Waals surface area (Å²) < 4.78 is 0. The highest BCUT2D eigenvalue weighted by molar-refractivity contribution is 6.19. The lowest BCUT2D eigenvalue weighted by Gasteiger charge is -2.27. The third-order valence-electron chi connectivity index (χ3n) is 11.9. The minimum atomic E-state index is 1.09. The van der Waals surface area contributed by atoms with Crippen molar-refractivity contribution in [3.05, 3.63) is 237 Å². The van der Waals surface area contributed by atoms with Gasteiger partial charge in [-0.15, -0.1) is 0 Å². The molecule has 0 atom stereocenters. The standard InChI is InChI=1S/C58H39N/c1-3-14-40(15-4-1)45-21-11-22-47(38-45)59(46-31-28-44(29-32-46)50-25-12-20-41-18-7-9-23-49(41)50)48-33-35-57(58(39-48)42-16-5-2-6-17-42)53-27-13-26-52-55-34-30-43-19-8-10-24-51(43)54(55)36-37-56(52)53/h1-39H. The summed E-state index contributed by atoms with van der Waals surface area (Å²) in [7, 11) is 0. The molecule has 0 saturated heterocycles. The van der Waals surface area contributed by atoms with Crippen molar-refractivity contribution in [2.24, 2.45) is 0 Å². The van der Waals surface area contributed by atoms with Crippen molar-refractivity contribution < 1.29 is 0 Å². The fraction of sp³-hybridized carbons (Fsp3) is 0. The summed E-state index contributed by atoms with van der Waals surface area (Å²) in [6.07, 6.45) is 0. The van der Waals surface area contributed by atoms with Crippen molar-refractivity contribution in [2.75, 3.05) is 4.90 Å². The van der Waals surface area contributed by atoms with Crippen LogP contribution in [0.5, 0.6) is 0 Å². The van der Waals surface area contributed by atoms with E-state index < -0.39 is 0 Å². The zero-order valence-electron chi connectivity index (χ0n) is 32.5. The average Bonchev–Trinajstić information content (AvgIpc) is 3.32. The third kappa shape index (κ3) is 6.21. The molecule has 0 fully saturated rings. The number of anilines is 3. The SMILES string of the molecule is c1ccc(-c2cccc(N(c3ccc(-c4cccc5ccccc45)cc3)c3ccc(-c4cccc5c4ccc4c6ccccc6ccc54)c(-c4ccccc4)c3)c2)cc1. The van der Waals surface area contributed by atoms with Crippen molar-refractivity contribution in [1.82, 2.24) is 0 Å². The van der Waals surface area contributed by atoms with Crippen LogP contribution in [0.4, 0.5) is 17.1 Å². The van der Waals surface area contributed by atoms with Gasteiger partial charge in [-0.05, 0) is 124 Å². The van der Waals surface area contributed by atoms with E-state index in [0.717, 1.165) is 17.1 Å². The van der Waals surface area contributed by atoms with Crippen LogP contribution in [0.15, 0.2) is 237 Å². The number of rotatable bonds is 7. The molecule has 11 aromatic rings. The highest BCUT2D eigenvalue weighted by Gasteiger charge is 2.19. The summed E-state index contributed by atoms with van der Waals surface area (Å²) in [5.41, 5.74) is 12.9. The van der Waals surface area contributed by atoms with E-state index in [2.05, 4.69) is 241 Å². The van der Waals surface area contributed by atoms with Gasteiger partial charge in [0.25, 0.3) is 0 Å².